The summed E-state index contributed by atoms with van der Waals surface area (Å²) in [7, 11) is 0. The van der Waals surface area contributed by atoms with E-state index in [4.69, 9.17) is 17.3 Å². The van der Waals surface area contributed by atoms with E-state index in [9.17, 15) is 0 Å². The Morgan fingerprint density at radius 1 is 1.20 bits per heavy atom. The Bertz CT molecular complexity index is 502. The Morgan fingerprint density at radius 3 is 2.40 bits per heavy atom. The highest BCUT2D eigenvalue weighted by Crippen LogP contribution is 2.40. The minimum atomic E-state index is 0.755. The average Bonchev–Trinajstić information content (AvgIpc) is 2.43. The number of nitrogens with two attached hydrogens (primary N) is 1. The smallest absolute Gasteiger partial charge is 0.0942 e. The molecule has 1 aromatic carbocycles. The van der Waals surface area contributed by atoms with Crippen LogP contribution in [0.5, 0.6) is 0 Å². The van der Waals surface area contributed by atoms with Gasteiger partial charge in [0.25, 0.3) is 0 Å². The Hall–Kier alpha value is -0.990. The van der Waals surface area contributed by atoms with Gasteiger partial charge in [-0.25, -0.2) is 0 Å². The molecule has 1 aromatic heterocycles. The predicted octanol–water partition coefficient (Wildman–Crippen LogP) is 4.27. The molecule has 1 heterocycles. The maximum absolute atomic E-state index is 6.16. The highest BCUT2D eigenvalue weighted by molar-refractivity contribution is 7.16. The molecule has 78 valence electrons. The molecule has 0 spiro atoms. The van der Waals surface area contributed by atoms with Crippen molar-refractivity contribution in [2.24, 2.45) is 0 Å². The van der Waals surface area contributed by atoms with Gasteiger partial charge < -0.3 is 5.73 Å². The van der Waals surface area contributed by atoms with E-state index in [1.54, 1.807) is 11.3 Å². The van der Waals surface area contributed by atoms with Gasteiger partial charge in [0, 0.05) is 21.0 Å². The highest BCUT2D eigenvalue weighted by Gasteiger charge is 2.13. The van der Waals surface area contributed by atoms with Gasteiger partial charge in [-0.3, -0.25) is 0 Å². The first-order chi connectivity index (χ1) is 7.11. The first-order valence-corrected chi connectivity index (χ1v) is 5.91. The van der Waals surface area contributed by atoms with Crippen molar-refractivity contribution in [2.45, 2.75) is 13.8 Å². The lowest BCUT2D eigenvalue weighted by atomic mass is 10.0. The molecule has 0 aliphatic heterocycles. The molecule has 2 rings (SSSR count). The molecule has 15 heavy (non-hydrogen) atoms. The van der Waals surface area contributed by atoms with Crippen molar-refractivity contribution in [1.82, 2.24) is 0 Å². The van der Waals surface area contributed by atoms with Gasteiger partial charge in [-0.05, 0) is 25.5 Å². The number of aryl methyl sites for hydroxylation is 1. The van der Waals surface area contributed by atoms with Crippen molar-refractivity contribution in [2.75, 3.05) is 5.73 Å². The number of nitrogen functional groups attached to an aromatic ring is 1. The SMILES string of the molecule is Cc1sc(N)c(-c2ccccc2Cl)c1C. The average molecular weight is 238 g/mol. The Balaban J connectivity index is 2.69. The van der Waals surface area contributed by atoms with E-state index in [1.165, 1.54) is 10.4 Å². The van der Waals surface area contributed by atoms with Crippen molar-refractivity contribution < 1.29 is 0 Å². The van der Waals surface area contributed by atoms with Gasteiger partial charge in [0.2, 0.25) is 0 Å². The van der Waals surface area contributed by atoms with Crippen LogP contribution in [0.3, 0.4) is 0 Å². The summed E-state index contributed by atoms with van der Waals surface area (Å²) in [6.45, 7) is 4.16. The molecule has 0 saturated heterocycles. The van der Waals surface area contributed by atoms with Gasteiger partial charge in [0.15, 0.2) is 0 Å². The number of halogens is 1. The molecule has 0 fully saturated rings. The van der Waals surface area contributed by atoms with Crippen LogP contribution in [0.1, 0.15) is 10.4 Å². The summed E-state index contributed by atoms with van der Waals surface area (Å²) in [5.41, 5.74) is 9.34. The minimum Gasteiger partial charge on any atom is -0.390 e. The third kappa shape index (κ3) is 1.75. The minimum absolute atomic E-state index is 0.755. The van der Waals surface area contributed by atoms with Crippen LogP contribution < -0.4 is 5.73 Å². The van der Waals surface area contributed by atoms with E-state index in [0.29, 0.717) is 0 Å². The van der Waals surface area contributed by atoms with Crippen LogP contribution in [0, 0.1) is 13.8 Å². The van der Waals surface area contributed by atoms with Gasteiger partial charge in [0.05, 0.1) is 5.00 Å². The second-order valence-corrected chi connectivity index (χ2v) is 5.17. The molecule has 0 saturated carbocycles. The normalized spacial score (nSPS) is 10.6. The fourth-order valence-corrected chi connectivity index (χ4v) is 2.83. The summed E-state index contributed by atoms with van der Waals surface area (Å²) in [4.78, 5) is 1.25. The number of hydrogen-bond acceptors (Lipinski definition) is 2. The second-order valence-electron chi connectivity index (χ2n) is 3.50. The summed E-state index contributed by atoms with van der Waals surface area (Å²) < 4.78 is 0. The Kier molecular flexibility index (Phi) is 2.72. The molecular formula is C12H12ClNS. The molecule has 0 amide bonds. The van der Waals surface area contributed by atoms with Crippen molar-refractivity contribution >= 4 is 27.9 Å². The molecule has 0 radical (unpaired) electrons. The number of rotatable bonds is 1. The predicted molar refractivity (Wildman–Crippen MR) is 68.7 cm³/mol. The Labute approximate surface area is 98.5 Å². The van der Waals surface area contributed by atoms with E-state index < -0.39 is 0 Å². The quantitative estimate of drug-likeness (QED) is 0.788. The summed E-state index contributed by atoms with van der Waals surface area (Å²) in [5.74, 6) is 0. The van der Waals surface area contributed by atoms with E-state index in [-0.39, 0.29) is 0 Å². The number of benzene rings is 1. The van der Waals surface area contributed by atoms with Crippen LogP contribution in [0.4, 0.5) is 5.00 Å². The van der Waals surface area contributed by atoms with Gasteiger partial charge in [-0.15, -0.1) is 11.3 Å². The fourth-order valence-electron chi connectivity index (χ4n) is 1.65. The highest BCUT2D eigenvalue weighted by atomic mass is 35.5. The zero-order valence-corrected chi connectivity index (χ0v) is 10.2. The van der Waals surface area contributed by atoms with Crippen LogP contribution in [0.15, 0.2) is 24.3 Å². The zero-order chi connectivity index (χ0) is 11.0. The molecule has 0 aliphatic carbocycles. The van der Waals surface area contributed by atoms with Gasteiger partial charge >= 0.3 is 0 Å². The second kappa shape index (κ2) is 3.87. The van der Waals surface area contributed by atoms with Crippen LogP contribution in [-0.2, 0) is 0 Å². The third-order valence-electron chi connectivity index (χ3n) is 2.56. The largest absolute Gasteiger partial charge is 0.390 e. The van der Waals surface area contributed by atoms with Crippen LogP contribution in [0.25, 0.3) is 11.1 Å². The summed E-state index contributed by atoms with van der Waals surface area (Å²) in [6, 6.07) is 7.81. The Morgan fingerprint density at radius 2 is 1.87 bits per heavy atom. The standard InChI is InChI=1S/C12H12ClNS/c1-7-8(2)15-12(14)11(7)9-5-3-4-6-10(9)13/h3-6H,14H2,1-2H3. The number of anilines is 1. The topological polar surface area (TPSA) is 26.0 Å². The van der Waals surface area contributed by atoms with E-state index in [1.807, 2.05) is 24.3 Å². The number of thiophene rings is 1. The van der Waals surface area contributed by atoms with Gasteiger partial charge in [0.1, 0.15) is 0 Å². The molecule has 2 aromatic rings. The van der Waals surface area contributed by atoms with E-state index >= 15 is 0 Å². The van der Waals surface area contributed by atoms with Crippen molar-refractivity contribution in [3.8, 4) is 11.1 Å². The molecule has 0 atom stereocenters. The maximum Gasteiger partial charge on any atom is 0.0942 e. The molecule has 1 nitrogen and oxygen atoms in total. The van der Waals surface area contributed by atoms with Crippen LogP contribution in [0.2, 0.25) is 5.02 Å². The molecule has 3 heteroatoms. The molecule has 2 N–H and O–H groups in total. The van der Waals surface area contributed by atoms with Gasteiger partial charge in [-0.2, -0.15) is 0 Å². The summed E-state index contributed by atoms with van der Waals surface area (Å²) in [5, 5.41) is 1.60. The van der Waals surface area contributed by atoms with Gasteiger partial charge in [-0.1, -0.05) is 29.8 Å². The number of hydrogen-bond donors (Lipinski definition) is 1. The van der Waals surface area contributed by atoms with Crippen LogP contribution in [-0.4, -0.2) is 0 Å². The molecule has 0 unspecified atom stereocenters. The van der Waals surface area contributed by atoms with Crippen molar-refractivity contribution in [3.05, 3.63) is 39.7 Å². The monoisotopic (exact) mass is 237 g/mol. The van der Waals surface area contributed by atoms with Crippen LogP contribution >= 0.6 is 22.9 Å². The zero-order valence-electron chi connectivity index (χ0n) is 8.67. The lowest BCUT2D eigenvalue weighted by molar-refractivity contribution is 1.44. The first kappa shape index (κ1) is 10.5. The molecule has 0 bridgehead atoms. The van der Waals surface area contributed by atoms with E-state index in [0.717, 1.165) is 21.2 Å². The first-order valence-electron chi connectivity index (χ1n) is 4.71. The summed E-state index contributed by atoms with van der Waals surface area (Å²) >= 11 is 7.78. The van der Waals surface area contributed by atoms with E-state index in [2.05, 4.69) is 13.8 Å². The third-order valence-corrected chi connectivity index (χ3v) is 3.92. The lowest BCUT2D eigenvalue weighted by Crippen LogP contribution is -1.86. The summed E-state index contributed by atoms with van der Waals surface area (Å²) in [6.07, 6.45) is 0. The molecule has 0 aliphatic rings. The molecular weight excluding hydrogens is 226 g/mol. The van der Waals surface area contributed by atoms with Crippen molar-refractivity contribution in [3.63, 3.8) is 0 Å². The fraction of sp³-hybridized carbons (Fsp3) is 0.167. The van der Waals surface area contributed by atoms with Crippen molar-refractivity contribution in [1.29, 1.82) is 0 Å². The maximum atomic E-state index is 6.16. The lowest BCUT2D eigenvalue weighted by Gasteiger charge is -2.05.